The molecule has 0 aromatic rings. The van der Waals surface area contributed by atoms with Gasteiger partial charge in [-0.25, -0.2) is 0 Å². The predicted molar refractivity (Wildman–Crippen MR) is 91.4 cm³/mol. The van der Waals surface area contributed by atoms with Crippen LogP contribution in [0.5, 0.6) is 0 Å². The third kappa shape index (κ3) is 1.93. The van der Waals surface area contributed by atoms with Gasteiger partial charge in [0, 0.05) is 0 Å². The van der Waals surface area contributed by atoms with E-state index in [1.54, 1.807) is 0 Å². The summed E-state index contributed by atoms with van der Waals surface area (Å²) in [5, 5.41) is 10.8. The molecule has 0 spiro atoms. The van der Waals surface area contributed by atoms with Crippen LogP contribution in [0.1, 0.15) is 79.1 Å². The summed E-state index contributed by atoms with van der Waals surface area (Å²) >= 11 is 0. The summed E-state index contributed by atoms with van der Waals surface area (Å²) in [6.45, 7) is 9.83. The second-order valence-corrected chi connectivity index (χ2v) is 10.2. The van der Waals surface area contributed by atoms with Gasteiger partial charge in [0.1, 0.15) is 0 Å². The molecular formula is C21H36O. The molecule has 4 unspecified atom stereocenters. The molecule has 0 amide bonds. The molecule has 0 saturated heterocycles. The first-order valence-corrected chi connectivity index (χ1v) is 10.0. The molecule has 9 atom stereocenters. The zero-order valence-electron chi connectivity index (χ0n) is 15.1. The first-order chi connectivity index (χ1) is 10.4. The fraction of sp³-hybridized carbons (Fsp3) is 1.00. The molecule has 1 N–H and O–H groups in total. The maximum absolute atomic E-state index is 10.8. The number of hydrogen-bond donors (Lipinski definition) is 1. The van der Waals surface area contributed by atoms with Gasteiger partial charge in [-0.05, 0) is 91.3 Å². The molecule has 0 aliphatic heterocycles. The molecule has 126 valence electrons. The van der Waals surface area contributed by atoms with Crippen LogP contribution in [-0.2, 0) is 0 Å². The summed E-state index contributed by atoms with van der Waals surface area (Å²) in [5.41, 5.74) is 0.847. The minimum absolute atomic E-state index is 0.0460. The monoisotopic (exact) mass is 304 g/mol. The van der Waals surface area contributed by atoms with E-state index in [1.165, 1.54) is 51.4 Å². The summed E-state index contributed by atoms with van der Waals surface area (Å²) in [6, 6.07) is 0. The van der Waals surface area contributed by atoms with Crippen molar-refractivity contribution in [3.8, 4) is 0 Å². The van der Waals surface area contributed by atoms with Gasteiger partial charge >= 0.3 is 0 Å². The van der Waals surface area contributed by atoms with Crippen molar-refractivity contribution in [2.45, 2.75) is 85.2 Å². The van der Waals surface area contributed by atoms with Gasteiger partial charge < -0.3 is 5.11 Å². The van der Waals surface area contributed by atoms with Gasteiger partial charge in [-0.2, -0.15) is 0 Å². The normalized spacial score (nSPS) is 61.2. The molecule has 4 aliphatic rings. The molecule has 4 fully saturated rings. The lowest BCUT2D eigenvalue weighted by atomic mass is 9.44. The van der Waals surface area contributed by atoms with E-state index < -0.39 is 0 Å². The van der Waals surface area contributed by atoms with E-state index in [-0.39, 0.29) is 11.5 Å². The highest BCUT2D eigenvalue weighted by Crippen LogP contribution is 2.67. The van der Waals surface area contributed by atoms with Gasteiger partial charge in [-0.15, -0.1) is 0 Å². The van der Waals surface area contributed by atoms with E-state index in [9.17, 15) is 5.11 Å². The van der Waals surface area contributed by atoms with Crippen LogP contribution in [0.4, 0.5) is 0 Å². The van der Waals surface area contributed by atoms with Crippen LogP contribution in [0.3, 0.4) is 0 Å². The Morgan fingerprint density at radius 3 is 2.32 bits per heavy atom. The van der Waals surface area contributed by atoms with Crippen LogP contribution in [0.15, 0.2) is 0 Å². The van der Waals surface area contributed by atoms with E-state index >= 15 is 0 Å². The third-order valence-corrected chi connectivity index (χ3v) is 9.21. The highest BCUT2D eigenvalue weighted by atomic mass is 16.3. The molecule has 0 bridgehead atoms. The summed E-state index contributed by atoms with van der Waals surface area (Å²) in [5.74, 6) is 5.13. The smallest absolute Gasteiger partial charge is 0.0622 e. The van der Waals surface area contributed by atoms with Crippen molar-refractivity contribution >= 4 is 0 Å². The molecule has 22 heavy (non-hydrogen) atoms. The highest BCUT2D eigenvalue weighted by molar-refractivity contribution is 5.10. The average molecular weight is 305 g/mol. The Balaban J connectivity index is 1.63. The molecule has 4 aliphatic carbocycles. The first-order valence-electron chi connectivity index (χ1n) is 10.0. The van der Waals surface area contributed by atoms with Gasteiger partial charge in [-0.1, -0.05) is 34.1 Å². The minimum atomic E-state index is -0.0460. The van der Waals surface area contributed by atoms with Crippen LogP contribution >= 0.6 is 0 Å². The third-order valence-electron chi connectivity index (χ3n) is 9.21. The lowest BCUT2D eigenvalue weighted by Crippen LogP contribution is -2.53. The fourth-order valence-corrected chi connectivity index (χ4v) is 7.81. The maximum atomic E-state index is 10.8. The topological polar surface area (TPSA) is 20.2 Å². The van der Waals surface area contributed by atoms with Gasteiger partial charge in [0.2, 0.25) is 0 Å². The molecule has 4 rings (SSSR count). The van der Waals surface area contributed by atoms with Crippen LogP contribution in [0.25, 0.3) is 0 Å². The molecule has 0 radical (unpaired) electrons. The zero-order chi connectivity index (χ0) is 15.7. The van der Waals surface area contributed by atoms with Gasteiger partial charge in [-0.3, -0.25) is 0 Å². The van der Waals surface area contributed by atoms with Crippen molar-refractivity contribution in [2.75, 3.05) is 0 Å². The first kappa shape index (κ1) is 15.5. The Bertz CT molecular complexity index is 445. The van der Waals surface area contributed by atoms with Crippen LogP contribution in [0.2, 0.25) is 0 Å². The summed E-state index contributed by atoms with van der Waals surface area (Å²) in [6.07, 6.45) is 11.3. The maximum Gasteiger partial charge on any atom is 0.0622 e. The van der Waals surface area contributed by atoms with Gasteiger partial charge in [0.05, 0.1) is 6.10 Å². The Morgan fingerprint density at radius 2 is 1.55 bits per heavy atom. The summed E-state index contributed by atoms with van der Waals surface area (Å²) < 4.78 is 0. The number of rotatable bonds is 0. The highest BCUT2D eigenvalue weighted by Gasteiger charge is 2.61. The lowest BCUT2D eigenvalue weighted by Gasteiger charge is -2.60. The van der Waals surface area contributed by atoms with Crippen molar-refractivity contribution in [2.24, 2.45) is 46.3 Å². The number of hydrogen-bond acceptors (Lipinski definition) is 1. The van der Waals surface area contributed by atoms with Gasteiger partial charge in [0.25, 0.3) is 0 Å². The fourth-order valence-electron chi connectivity index (χ4n) is 7.81. The Hall–Kier alpha value is -0.0400. The van der Waals surface area contributed by atoms with Crippen LogP contribution in [0, 0.1) is 46.3 Å². The largest absolute Gasteiger partial charge is 0.392 e. The second kappa shape index (κ2) is 4.98. The summed E-state index contributed by atoms with van der Waals surface area (Å²) in [7, 11) is 0. The lowest BCUT2D eigenvalue weighted by molar-refractivity contribution is -0.126. The molecule has 0 aromatic heterocycles. The standard InChI is InChI=1S/C21H36O/c1-13-7-9-20(3)15(11-13)5-6-16-17(20)8-10-21(4)18(16)12-14(2)19(21)22/h13-19,22H,5-12H2,1-4H3/t13?,14?,15?,16-,17-,18+,19?,20+,21+/m1/s1. The quantitative estimate of drug-likeness (QED) is 0.646. The van der Waals surface area contributed by atoms with Crippen molar-refractivity contribution in [1.29, 1.82) is 0 Å². The SMILES string of the molecule is CC1CC[C@@]2(C)C(CC[C@@H]3[C@H]2CC[C@]2(C)C(O)C(C)C[C@@H]32)C1. The zero-order valence-corrected chi connectivity index (χ0v) is 15.1. The molecule has 1 heteroatoms. The van der Waals surface area contributed by atoms with E-state index in [1.807, 2.05) is 0 Å². The predicted octanol–water partition coefficient (Wildman–Crippen LogP) is 5.27. The summed E-state index contributed by atoms with van der Waals surface area (Å²) in [4.78, 5) is 0. The van der Waals surface area contributed by atoms with Crippen molar-refractivity contribution in [1.82, 2.24) is 0 Å². The molecular weight excluding hydrogens is 268 g/mol. The van der Waals surface area contributed by atoms with Crippen LogP contribution < -0.4 is 0 Å². The van der Waals surface area contributed by atoms with Crippen LogP contribution in [-0.4, -0.2) is 11.2 Å². The Morgan fingerprint density at radius 1 is 0.818 bits per heavy atom. The van der Waals surface area contributed by atoms with E-state index in [0.29, 0.717) is 11.3 Å². The second-order valence-electron chi connectivity index (χ2n) is 10.2. The molecule has 0 aromatic carbocycles. The Labute approximate surface area is 137 Å². The molecule has 1 nitrogen and oxygen atoms in total. The number of aliphatic hydroxyl groups excluding tert-OH is 1. The van der Waals surface area contributed by atoms with Gasteiger partial charge in [0.15, 0.2) is 0 Å². The molecule has 4 saturated carbocycles. The Kier molecular flexibility index (Phi) is 3.50. The molecule has 0 heterocycles. The number of aliphatic hydroxyl groups is 1. The van der Waals surface area contributed by atoms with Crippen molar-refractivity contribution in [3.63, 3.8) is 0 Å². The minimum Gasteiger partial charge on any atom is -0.392 e. The average Bonchev–Trinajstić information content (AvgIpc) is 2.72. The van der Waals surface area contributed by atoms with E-state index in [4.69, 9.17) is 0 Å². The van der Waals surface area contributed by atoms with Crippen molar-refractivity contribution in [3.05, 3.63) is 0 Å². The number of fused-ring (bicyclic) bond motifs is 5. The van der Waals surface area contributed by atoms with Crippen molar-refractivity contribution < 1.29 is 5.11 Å². The van der Waals surface area contributed by atoms with E-state index in [0.717, 1.165) is 29.6 Å². The van der Waals surface area contributed by atoms with E-state index in [2.05, 4.69) is 27.7 Å².